The summed E-state index contributed by atoms with van der Waals surface area (Å²) in [6, 6.07) is 11.6. The van der Waals surface area contributed by atoms with E-state index in [0.717, 1.165) is 56.4 Å². The van der Waals surface area contributed by atoms with Crippen molar-refractivity contribution in [2.45, 2.75) is 58.0 Å². The minimum atomic E-state index is -0.127. The largest absolute Gasteiger partial charge is 0.490 e. The fourth-order valence-electron chi connectivity index (χ4n) is 3.97. The summed E-state index contributed by atoms with van der Waals surface area (Å²) >= 11 is 5.73. The van der Waals surface area contributed by atoms with Gasteiger partial charge in [-0.3, -0.25) is 4.79 Å². The average molecular weight is 594 g/mol. The van der Waals surface area contributed by atoms with E-state index in [9.17, 15) is 4.79 Å². The van der Waals surface area contributed by atoms with Crippen molar-refractivity contribution < 1.29 is 4.74 Å². The van der Waals surface area contributed by atoms with Gasteiger partial charge in [-0.25, -0.2) is 4.98 Å². The first-order valence-corrected chi connectivity index (χ1v) is 12.5. The van der Waals surface area contributed by atoms with E-state index >= 15 is 0 Å². The second-order valence-electron chi connectivity index (χ2n) is 8.18. The number of nitrogens with zero attached hydrogens (tertiary/aromatic N) is 3. The molecule has 5 nitrogen and oxygen atoms in total. The minimum Gasteiger partial charge on any atom is -0.490 e. The molecule has 1 heterocycles. The Hall–Kier alpha value is -1.74. The van der Waals surface area contributed by atoms with Crippen LogP contribution in [0.1, 0.15) is 63.3 Å². The molecule has 2 aromatic carbocycles. The van der Waals surface area contributed by atoms with Crippen LogP contribution in [0.3, 0.4) is 0 Å². The number of benzene rings is 2. The Labute approximate surface area is 204 Å². The number of rotatable bonds is 5. The lowest BCUT2D eigenvalue weighted by Crippen LogP contribution is -2.25. The minimum absolute atomic E-state index is 0.118. The highest BCUT2D eigenvalue weighted by molar-refractivity contribution is 14.1. The highest BCUT2D eigenvalue weighted by Gasteiger charge is 2.22. The summed E-state index contributed by atoms with van der Waals surface area (Å²) in [5, 5.41) is 5.19. The first-order valence-electron chi connectivity index (χ1n) is 10.6. The lowest BCUT2D eigenvalue weighted by atomic mass is 9.88. The highest BCUT2D eigenvalue weighted by Crippen LogP contribution is 2.32. The second kappa shape index (κ2) is 9.81. The Bertz CT molecular complexity index is 1180. The zero-order valence-electron chi connectivity index (χ0n) is 17.6. The van der Waals surface area contributed by atoms with Crippen molar-refractivity contribution in [3.05, 3.63) is 66.2 Å². The molecule has 1 fully saturated rings. The molecule has 4 rings (SSSR count). The number of aromatic nitrogens is 2. The normalized spacial score (nSPS) is 15.3. The van der Waals surface area contributed by atoms with E-state index in [4.69, 9.17) is 9.72 Å². The van der Waals surface area contributed by atoms with Gasteiger partial charge in [0.2, 0.25) is 0 Å². The van der Waals surface area contributed by atoms with Crippen molar-refractivity contribution in [2.24, 2.45) is 5.10 Å². The summed E-state index contributed by atoms with van der Waals surface area (Å²) in [7, 11) is 0. The highest BCUT2D eigenvalue weighted by atomic mass is 127. The number of ether oxygens (including phenoxy) is 1. The molecule has 1 aromatic heterocycles. The van der Waals surface area contributed by atoms with Crippen molar-refractivity contribution in [2.75, 3.05) is 0 Å². The van der Waals surface area contributed by atoms with Crippen molar-refractivity contribution in [1.82, 2.24) is 9.66 Å². The second-order valence-corrected chi connectivity index (χ2v) is 10.3. The van der Waals surface area contributed by atoms with E-state index in [1.165, 1.54) is 11.1 Å². The standard InChI is InChI=1S/C24H25BrIN3O2/c1-15(2)31-22-11-8-16(12-20(22)26)14-27-29-23(17-6-4-3-5-7-17)28-21-10-9-18(25)13-19(21)24(29)30/h8-15,17H,3-7H2,1-2H3. The van der Waals surface area contributed by atoms with Gasteiger partial charge in [-0.2, -0.15) is 9.78 Å². The third-order valence-electron chi connectivity index (χ3n) is 5.44. The monoisotopic (exact) mass is 593 g/mol. The molecule has 0 saturated heterocycles. The van der Waals surface area contributed by atoms with Crippen LogP contribution in [0.5, 0.6) is 5.75 Å². The van der Waals surface area contributed by atoms with Gasteiger partial charge in [-0.15, -0.1) is 0 Å². The van der Waals surface area contributed by atoms with Crippen LogP contribution in [-0.2, 0) is 0 Å². The van der Waals surface area contributed by atoms with E-state index in [1.54, 1.807) is 6.21 Å². The van der Waals surface area contributed by atoms with E-state index < -0.39 is 0 Å². The molecular formula is C24H25BrIN3O2. The molecule has 7 heteroatoms. The molecular weight excluding hydrogens is 569 g/mol. The summed E-state index contributed by atoms with van der Waals surface area (Å²) in [5.74, 6) is 1.88. The SMILES string of the molecule is CC(C)Oc1ccc(C=Nn2c(C3CCCCC3)nc3ccc(Br)cc3c2=O)cc1I. The zero-order chi connectivity index (χ0) is 22.0. The van der Waals surface area contributed by atoms with E-state index in [2.05, 4.69) is 43.6 Å². The Morgan fingerprint density at radius 3 is 2.68 bits per heavy atom. The molecule has 0 aliphatic heterocycles. The van der Waals surface area contributed by atoms with Crippen molar-refractivity contribution >= 4 is 55.6 Å². The molecule has 1 saturated carbocycles. The Balaban J connectivity index is 1.77. The van der Waals surface area contributed by atoms with Gasteiger partial charge in [0.25, 0.3) is 5.56 Å². The van der Waals surface area contributed by atoms with Gasteiger partial charge in [0, 0.05) is 10.4 Å². The molecule has 162 valence electrons. The maximum absolute atomic E-state index is 13.4. The van der Waals surface area contributed by atoms with Crippen LogP contribution in [0.25, 0.3) is 10.9 Å². The van der Waals surface area contributed by atoms with E-state index in [-0.39, 0.29) is 17.6 Å². The van der Waals surface area contributed by atoms with Crippen LogP contribution in [0.4, 0.5) is 0 Å². The molecule has 1 aliphatic carbocycles. The lowest BCUT2D eigenvalue weighted by molar-refractivity contribution is 0.240. The van der Waals surface area contributed by atoms with Crippen molar-refractivity contribution in [3.63, 3.8) is 0 Å². The lowest BCUT2D eigenvalue weighted by Gasteiger charge is -2.22. The number of hydrogen-bond donors (Lipinski definition) is 0. The fourth-order valence-corrected chi connectivity index (χ4v) is 5.00. The number of hydrogen-bond acceptors (Lipinski definition) is 4. The Morgan fingerprint density at radius 2 is 1.97 bits per heavy atom. The van der Waals surface area contributed by atoms with Crippen LogP contribution in [0.2, 0.25) is 0 Å². The van der Waals surface area contributed by atoms with Gasteiger partial charge < -0.3 is 4.74 Å². The molecule has 1 aliphatic rings. The number of halogens is 2. The molecule has 0 radical (unpaired) electrons. The van der Waals surface area contributed by atoms with Crippen LogP contribution >= 0.6 is 38.5 Å². The van der Waals surface area contributed by atoms with Crippen LogP contribution in [0.15, 0.2) is 50.8 Å². The van der Waals surface area contributed by atoms with Gasteiger partial charge in [0.1, 0.15) is 11.6 Å². The summed E-state index contributed by atoms with van der Waals surface area (Å²) in [6.07, 6.45) is 7.52. The smallest absolute Gasteiger partial charge is 0.282 e. The third-order valence-corrected chi connectivity index (χ3v) is 6.78. The summed E-state index contributed by atoms with van der Waals surface area (Å²) < 4.78 is 9.19. The van der Waals surface area contributed by atoms with Gasteiger partial charge >= 0.3 is 0 Å². The van der Waals surface area contributed by atoms with Gasteiger partial charge in [-0.05, 0) is 91.2 Å². The van der Waals surface area contributed by atoms with E-state index in [1.807, 2.05) is 50.2 Å². The maximum atomic E-state index is 13.4. The van der Waals surface area contributed by atoms with Gasteiger partial charge in [0.05, 0.1) is 26.8 Å². The molecule has 0 amide bonds. The molecule has 0 atom stereocenters. The summed E-state index contributed by atoms with van der Waals surface area (Å²) in [5.41, 5.74) is 1.51. The maximum Gasteiger partial charge on any atom is 0.282 e. The van der Waals surface area contributed by atoms with Crippen LogP contribution in [-0.4, -0.2) is 22.0 Å². The Kier molecular flexibility index (Phi) is 7.11. The fraction of sp³-hybridized carbons (Fsp3) is 0.375. The molecule has 0 N–H and O–H groups in total. The topological polar surface area (TPSA) is 56.5 Å². The van der Waals surface area contributed by atoms with Crippen LogP contribution in [0, 0.1) is 3.57 Å². The zero-order valence-corrected chi connectivity index (χ0v) is 21.4. The first kappa shape index (κ1) is 22.5. The third kappa shape index (κ3) is 5.19. The van der Waals surface area contributed by atoms with Crippen molar-refractivity contribution in [1.29, 1.82) is 0 Å². The number of fused-ring (bicyclic) bond motifs is 1. The quantitative estimate of drug-likeness (QED) is 0.251. The van der Waals surface area contributed by atoms with E-state index in [0.29, 0.717) is 5.39 Å². The molecule has 0 bridgehead atoms. The predicted molar refractivity (Wildman–Crippen MR) is 137 cm³/mol. The average Bonchev–Trinajstić information content (AvgIpc) is 2.75. The molecule has 31 heavy (non-hydrogen) atoms. The molecule has 0 spiro atoms. The molecule has 0 unspecified atom stereocenters. The predicted octanol–water partition coefficient (Wildman–Crippen LogP) is 6.48. The first-order chi connectivity index (χ1) is 14.9. The van der Waals surface area contributed by atoms with Crippen LogP contribution < -0.4 is 10.3 Å². The Morgan fingerprint density at radius 1 is 1.19 bits per heavy atom. The summed E-state index contributed by atoms with van der Waals surface area (Å²) in [6.45, 7) is 4.02. The van der Waals surface area contributed by atoms with Gasteiger partial charge in [0.15, 0.2) is 0 Å². The summed E-state index contributed by atoms with van der Waals surface area (Å²) in [4.78, 5) is 18.3. The molecule has 3 aromatic rings. The van der Waals surface area contributed by atoms with Gasteiger partial charge in [-0.1, -0.05) is 35.2 Å². The van der Waals surface area contributed by atoms with Crippen molar-refractivity contribution in [3.8, 4) is 5.75 Å².